The lowest BCUT2D eigenvalue weighted by Gasteiger charge is -2.21. The molecule has 10 aromatic rings. The molecule has 0 unspecified atom stereocenters. The molecule has 80 heavy (non-hydrogen) atoms. The second kappa shape index (κ2) is 29.0. The summed E-state index contributed by atoms with van der Waals surface area (Å²) >= 11 is 0. The predicted octanol–water partition coefficient (Wildman–Crippen LogP) is 21.5. The molecule has 1 aliphatic rings. The Kier molecular flexibility index (Phi) is 20.9. The maximum atomic E-state index is 11.3. The Bertz CT molecular complexity index is 3330. The standard InChI is InChI=1S/2C22H20O.C21H20.C13H18/c2*1-3-17-4-6-19(7-5-17)21-12-14-22(15-13-21)20-10-8-18(9-11-20)16(2)23;1-3-17-6-10-19(11-7-17)21-14-12-20(13-15-21)18-8-4-16(2)5-9-18;1-11-7-9-13(10-8-11)12-5-3-2-4-6-12/h2*4-15H,3H2,1-2H3;4-15H,3H2,1-2H3;7-10,12H,2-6H2,1H3. The molecule has 0 amide bonds. The van der Waals surface area contributed by atoms with E-state index >= 15 is 0 Å². The molecule has 2 heteroatoms. The van der Waals surface area contributed by atoms with Crippen molar-refractivity contribution in [3.63, 3.8) is 0 Å². The van der Waals surface area contributed by atoms with Crippen molar-refractivity contribution in [1.82, 2.24) is 0 Å². The van der Waals surface area contributed by atoms with Gasteiger partial charge >= 0.3 is 0 Å². The first kappa shape index (κ1) is 57.7. The van der Waals surface area contributed by atoms with E-state index in [0.717, 1.165) is 58.6 Å². The Morgan fingerprint density at radius 1 is 0.287 bits per heavy atom. The van der Waals surface area contributed by atoms with Gasteiger partial charge < -0.3 is 0 Å². The molecule has 0 spiro atoms. The number of Topliss-reactive ketones (excluding diaryl/α,β-unsaturated/α-hetero) is 2. The summed E-state index contributed by atoms with van der Waals surface area (Å²) in [6.07, 6.45) is 10.3. The lowest BCUT2D eigenvalue weighted by Crippen LogP contribution is -2.04. The smallest absolute Gasteiger partial charge is 0.159 e. The van der Waals surface area contributed by atoms with Crippen molar-refractivity contribution in [2.45, 2.75) is 106 Å². The van der Waals surface area contributed by atoms with Crippen LogP contribution < -0.4 is 0 Å². The summed E-state index contributed by atoms with van der Waals surface area (Å²) in [6.45, 7) is 14.0. The average Bonchev–Trinajstić information content (AvgIpc) is 3.53. The molecule has 1 saturated carbocycles. The van der Waals surface area contributed by atoms with Crippen LogP contribution in [0.1, 0.15) is 127 Å². The van der Waals surface area contributed by atoms with Crippen LogP contribution in [-0.2, 0) is 19.3 Å². The highest BCUT2D eigenvalue weighted by atomic mass is 16.1. The Balaban J connectivity index is 0.000000143. The number of aryl methyl sites for hydroxylation is 5. The highest BCUT2D eigenvalue weighted by Gasteiger charge is 2.15. The third kappa shape index (κ3) is 16.3. The molecule has 0 saturated heterocycles. The third-order valence-electron chi connectivity index (χ3n) is 15.5. The molecule has 2 nitrogen and oxygen atoms in total. The quantitative estimate of drug-likeness (QED) is 0.114. The van der Waals surface area contributed by atoms with Gasteiger partial charge in [-0.25, -0.2) is 0 Å². The minimum Gasteiger partial charge on any atom is -0.295 e. The van der Waals surface area contributed by atoms with E-state index in [0.29, 0.717) is 0 Å². The fraction of sp³-hybridized carbons (Fsp3) is 0.205. The number of carbonyl (C=O) groups excluding carboxylic acids is 2. The van der Waals surface area contributed by atoms with E-state index in [4.69, 9.17) is 0 Å². The summed E-state index contributed by atoms with van der Waals surface area (Å²) in [5, 5.41) is 0. The van der Waals surface area contributed by atoms with E-state index in [9.17, 15) is 9.59 Å². The van der Waals surface area contributed by atoms with Crippen LogP contribution in [0, 0.1) is 13.8 Å². The second-order valence-corrected chi connectivity index (χ2v) is 21.3. The predicted molar refractivity (Wildman–Crippen MR) is 342 cm³/mol. The van der Waals surface area contributed by atoms with E-state index in [1.54, 1.807) is 19.4 Å². The van der Waals surface area contributed by atoms with Crippen LogP contribution in [0.3, 0.4) is 0 Å². The number of ketones is 2. The van der Waals surface area contributed by atoms with E-state index in [-0.39, 0.29) is 11.6 Å². The molecule has 1 fully saturated rings. The van der Waals surface area contributed by atoms with Crippen LogP contribution in [0.5, 0.6) is 0 Å². The van der Waals surface area contributed by atoms with Crippen LogP contribution in [0.2, 0.25) is 0 Å². The Hall–Kier alpha value is -8.46. The summed E-state index contributed by atoms with van der Waals surface area (Å²) in [5.74, 6) is 1.05. The molecule has 0 heterocycles. The Morgan fingerprint density at radius 3 is 0.713 bits per heavy atom. The first-order valence-corrected chi connectivity index (χ1v) is 28.9. The van der Waals surface area contributed by atoms with Crippen molar-refractivity contribution in [1.29, 1.82) is 0 Å². The summed E-state index contributed by atoms with van der Waals surface area (Å²) in [4.78, 5) is 22.7. The number of hydrogen-bond acceptors (Lipinski definition) is 2. The molecule has 402 valence electrons. The number of rotatable bonds is 12. The zero-order valence-corrected chi connectivity index (χ0v) is 48.1. The number of benzene rings is 10. The van der Waals surface area contributed by atoms with Crippen molar-refractivity contribution in [2.75, 3.05) is 0 Å². The number of hydrogen-bond donors (Lipinski definition) is 0. The molecule has 0 bridgehead atoms. The van der Waals surface area contributed by atoms with Gasteiger partial charge in [-0.1, -0.05) is 294 Å². The zero-order chi connectivity index (χ0) is 56.2. The van der Waals surface area contributed by atoms with Gasteiger partial charge in [0.15, 0.2) is 11.6 Å². The largest absolute Gasteiger partial charge is 0.295 e. The van der Waals surface area contributed by atoms with Gasteiger partial charge in [0.05, 0.1) is 0 Å². The molecule has 11 rings (SSSR count). The fourth-order valence-electron chi connectivity index (χ4n) is 10.2. The average molecular weight is 1050 g/mol. The van der Waals surface area contributed by atoms with Gasteiger partial charge in [-0.2, -0.15) is 0 Å². The Labute approximate surface area is 478 Å². The van der Waals surface area contributed by atoms with Crippen molar-refractivity contribution >= 4 is 11.6 Å². The van der Waals surface area contributed by atoms with E-state index in [2.05, 4.69) is 229 Å². The van der Waals surface area contributed by atoms with Gasteiger partial charge in [0.1, 0.15) is 0 Å². The summed E-state index contributed by atoms with van der Waals surface area (Å²) < 4.78 is 0. The van der Waals surface area contributed by atoms with Crippen molar-refractivity contribution in [3.05, 3.63) is 287 Å². The molecule has 0 atom stereocenters. The van der Waals surface area contributed by atoms with Gasteiger partial charge in [-0.15, -0.1) is 0 Å². The summed E-state index contributed by atoms with van der Waals surface area (Å²) in [7, 11) is 0. The van der Waals surface area contributed by atoms with Gasteiger partial charge in [-0.05, 0) is 155 Å². The molecule has 10 aromatic carbocycles. The topological polar surface area (TPSA) is 34.1 Å². The van der Waals surface area contributed by atoms with E-state index in [1.165, 1.54) is 104 Å². The van der Waals surface area contributed by atoms with Crippen molar-refractivity contribution in [2.24, 2.45) is 0 Å². The highest BCUT2D eigenvalue weighted by molar-refractivity contribution is 5.95. The minimum absolute atomic E-state index is 0.0995. The normalized spacial score (nSPS) is 11.9. The van der Waals surface area contributed by atoms with Crippen LogP contribution in [0.25, 0.3) is 66.8 Å². The lowest BCUT2D eigenvalue weighted by atomic mass is 9.84. The van der Waals surface area contributed by atoms with E-state index < -0.39 is 0 Å². The summed E-state index contributed by atoms with van der Waals surface area (Å²) in [5.41, 5.74) is 24.4. The second-order valence-electron chi connectivity index (χ2n) is 21.3. The molecular formula is C78H78O2. The van der Waals surface area contributed by atoms with Gasteiger partial charge in [0, 0.05) is 11.1 Å². The van der Waals surface area contributed by atoms with Crippen LogP contribution in [0.15, 0.2) is 243 Å². The maximum Gasteiger partial charge on any atom is 0.159 e. The van der Waals surface area contributed by atoms with Gasteiger partial charge in [0.25, 0.3) is 0 Å². The Morgan fingerprint density at radius 2 is 0.487 bits per heavy atom. The molecule has 0 radical (unpaired) electrons. The van der Waals surface area contributed by atoms with Crippen molar-refractivity contribution in [3.8, 4) is 66.8 Å². The lowest BCUT2D eigenvalue weighted by molar-refractivity contribution is 0.100. The van der Waals surface area contributed by atoms with Crippen molar-refractivity contribution < 1.29 is 9.59 Å². The first-order chi connectivity index (χ1) is 39.0. The highest BCUT2D eigenvalue weighted by Crippen LogP contribution is 2.33. The molecular weight excluding hydrogens is 969 g/mol. The van der Waals surface area contributed by atoms with E-state index in [1.807, 2.05) is 48.5 Å². The summed E-state index contributed by atoms with van der Waals surface area (Å²) in [6, 6.07) is 85.5. The van der Waals surface area contributed by atoms with Crippen LogP contribution >= 0.6 is 0 Å². The maximum absolute atomic E-state index is 11.3. The fourth-order valence-corrected chi connectivity index (χ4v) is 10.2. The zero-order valence-electron chi connectivity index (χ0n) is 48.1. The SMILES string of the molecule is CCc1ccc(-c2ccc(-c3ccc(C(C)=O)cc3)cc2)cc1.CCc1ccc(-c2ccc(-c3ccc(C(C)=O)cc3)cc2)cc1.CCc1ccc(-c2ccc(-c3ccc(C)cc3)cc2)cc1.Cc1ccc(C2CCCCC2)cc1. The van der Waals surface area contributed by atoms with Crippen LogP contribution in [0.4, 0.5) is 0 Å². The number of carbonyl (C=O) groups is 2. The molecule has 0 aromatic heterocycles. The monoisotopic (exact) mass is 1050 g/mol. The molecule has 0 aliphatic heterocycles. The first-order valence-electron chi connectivity index (χ1n) is 28.9. The van der Waals surface area contributed by atoms with Gasteiger partial charge in [-0.3, -0.25) is 9.59 Å². The van der Waals surface area contributed by atoms with Gasteiger partial charge in [0.2, 0.25) is 0 Å². The minimum atomic E-state index is 0.0995. The third-order valence-corrected chi connectivity index (χ3v) is 15.5. The molecule has 1 aliphatic carbocycles. The molecule has 0 N–H and O–H groups in total. The van der Waals surface area contributed by atoms with Crippen LogP contribution in [-0.4, -0.2) is 11.6 Å².